The molecule has 1 aromatic rings. The van der Waals surface area contributed by atoms with Gasteiger partial charge in [0.1, 0.15) is 0 Å². The lowest BCUT2D eigenvalue weighted by molar-refractivity contribution is 0.452. The van der Waals surface area contributed by atoms with Crippen molar-refractivity contribution in [1.82, 2.24) is 5.32 Å². The average molecular weight is 347 g/mol. The Labute approximate surface area is 116 Å². The predicted molar refractivity (Wildman–Crippen MR) is 81.1 cm³/mol. The molecule has 1 saturated heterocycles. The molecule has 0 aliphatic carbocycles. The summed E-state index contributed by atoms with van der Waals surface area (Å²) < 4.78 is 1.31. The maximum atomic E-state index is 3.73. The molecular formula is C13H18INS. The van der Waals surface area contributed by atoms with Gasteiger partial charge in [-0.25, -0.2) is 0 Å². The van der Waals surface area contributed by atoms with E-state index in [4.69, 9.17) is 0 Å². The molecule has 1 aliphatic rings. The van der Waals surface area contributed by atoms with E-state index in [1.807, 2.05) is 0 Å². The van der Waals surface area contributed by atoms with Crippen LogP contribution in [0, 0.1) is 3.57 Å². The smallest absolute Gasteiger partial charge is 0.0294 e. The van der Waals surface area contributed by atoms with Crippen LogP contribution in [0.5, 0.6) is 0 Å². The summed E-state index contributed by atoms with van der Waals surface area (Å²) in [5, 5.41) is 3.73. The fourth-order valence-corrected chi connectivity index (χ4v) is 3.52. The molecule has 3 heteroatoms. The topological polar surface area (TPSA) is 12.0 Å². The first-order valence-corrected chi connectivity index (χ1v) is 8.08. The molecule has 88 valence electrons. The molecule has 0 amide bonds. The van der Waals surface area contributed by atoms with E-state index in [1.165, 1.54) is 33.5 Å². The van der Waals surface area contributed by atoms with Crippen LogP contribution >= 0.6 is 34.4 Å². The Kier molecular flexibility index (Phi) is 4.97. The Hall–Kier alpha value is 0.260. The molecule has 16 heavy (non-hydrogen) atoms. The molecule has 1 aromatic carbocycles. The van der Waals surface area contributed by atoms with E-state index in [0.29, 0.717) is 12.1 Å². The molecule has 1 nitrogen and oxygen atoms in total. The molecule has 2 rings (SSSR count). The zero-order valence-corrected chi connectivity index (χ0v) is 12.6. The van der Waals surface area contributed by atoms with Crippen LogP contribution in [-0.2, 0) is 0 Å². The van der Waals surface area contributed by atoms with E-state index in [0.717, 1.165) is 0 Å². The molecule has 1 heterocycles. The number of hydrogen-bond donors (Lipinski definition) is 1. The van der Waals surface area contributed by atoms with Crippen molar-refractivity contribution in [3.8, 4) is 0 Å². The molecular weight excluding hydrogens is 329 g/mol. The number of thioether (sulfide) groups is 1. The summed E-state index contributed by atoms with van der Waals surface area (Å²) in [6.45, 7) is 2.27. The molecule has 0 radical (unpaired) electrons. The van der Waals surface area contributed by atoms with Gasteiger partial charge in [-0.15, -0.1) is 0 Å². The lowest BCUT2D eigenvalue weighted by atomic mass is 10.1. The summed E-state index contributed by atoms with van der Waals surface area (Å²) in [6, 6.07) is 10.0. The third kappa shape index (κ3) is 3.64. The van der Waals surface area contributed by atoms with Crippen LogP contribution in [0.1, 0.15) is 31.4 Å². The number of hydrogen-bond acceptors (Lipinski definition) is 2. The molecule has 1 fully saturated rings. The molecule has 0 saturated carbocycles. The molecule has 0 bridgehead atoms. The van der Waals surface area contributed by atoms with Gasteiger partial charge in [0.15, 0.2) is 0 Å². The largest absolute Gasteiger partial charge is 0.307 e. The van der Waals surface area contributed by atoms with Gasteiger partial charge in [-0.2, -0.15) is 11.8 Å². The van der Waals surface area contributed by atoms with Gasteiger partial charge in [-0.1, -0.05) is 12.1 Å². The Morgan fingerprint density at radius 1 is 1.38 bits per heavy atom. The van der Waals surface area contributed by atoms with Crippen LogP contribution in [0.2, 0.25) is 0 Å². The fourth-order valence-electron chi connectivity index (χ4n) is 2.07. The lowest BCUT2D eigenvalue weighted by Gasteiger charge is -2.26. The van der Waals surface area contributed by atoms with Gasteiger partial charge in [0.25, 0.3) is 0 Å². The number of nitrogens with one attached hydrogen (secondary N) is 1. The minimum Gasteiger partial charge on any atom is -0.307 e. The molecule has 2 atom stereocenters. The maximum Gasteiger partial charge on any atom is 0.0294 e. The Bertz CT molecular complexity index is 319. The summed E-state index contributed by atoms with van der Waals surface area (Å²) in [5.74, 6) is 2.62. The van der Waals surface area contributed by atoms with Gasteiger partial charge in [-0.05, 0) is 65.8 Å². The van der Waals surface area contributed by atoms with Crippen LogP contribution in [0.3, 0.4) is 0 Å². The normalized spacial score (nSPS) is 23.0. The number of halogens is 1. The van der Waals surface area contributed by atoms with E-state index < -0.39 is 0 Å². The van der Waals surface area contributed by atoms with Gasteiger partial charge in [0.2, 0.25) is 0 Å². The van der Waals surface area contributed by atoms with Gasteiger partial charge in [0.05, 0.1) is 0 Å². The van der Waals surface area contributed by atoms with Crippen LogP contribution in [0.15, 0.2) is 24.3 Å². The van der Waals surface area contributed by atoms with Crippen molar-refractivity contribution in [2.24, 2.45) is 0 Å². The van der Waals surface area contributed by atoms with Crippen LogP contribution in [0.4, 0.5) is 0 Å². The highest BCUT2D eigenvalue weighted by Gasteiger charge is 2.16. The molecule has 0 spiro atoms. The summed E-state index contributed by atoms with van der Waals surface area (Å²) >= 11 is 4.43. The van der Waals surface area contributed by atoms with Gasteiger partial charge >= 0.3 is 0 Å². The molecule has 1 N–H and O–H groups in total. The third-order valence-electron chi connectivity index (χ3n) is 3.02. The fraction of sp³-hybridized carbons (Fsp3) is 0.538. The number of rotatable bonds is 3. The zero-order valence-electron chi connectivity index (χ0n) is 9.58. The zero-order chi connectivity index (χ0) is 11.4. The van der Waals surface area contributed by atoms with Crippen molar-refractivity contribution in [2.75, 3.05) is 11.5 Å². The summed E-state index contributed by atoms with van der Waals surface area (Å²) in [6.07, 6.45) is 2.70. The summed E-state index contributed by atoms with van der Waals surface area (Å²) in [4.78, 5) is 0. The van der Waals surface area contributed by atoms with Crippen molar-refractivity contribution in [1.29, 1.82) is 0 Å². The average Bonchev–Trinajstić information content (AvgIpc) is 2.31. The van der Waals surface area contributed by atoms with E-state index in [2.05, 4.69) is 70.9 Å². The number of benzene rings is 1. The molecule has 2 unspecified atom stereocenters. The second-order valence-corrected chi connectivity index (χ2v) is 6.75. The van der Waals surface area contributed by atoms with E-state index in [9.17, 15) is 0 Å². The van der Waals surface area contributed by atoms with Crippen LogP contribution in [0.25, 0.3) is 0 Å². The first-order chi connectivity index (χ1) is 7.75. The Balaban J connectivity index is 1.91. The van der Waals surface area contributed by atoms with Gasteiger partial charge in [0, 0.05) is 21.4 Å². The van der Waals surface area contributed by atoms with Crippen LogP contribution < -0.4 is 5.32 Å². The molecule has 0 aromatic heterocycles. The van der Waals surface area contributed by atoms with Crippen molar-refractivity contribution in [3.63, 3.8) is 0 Å². The Morgan fingerprint density at radius 3 is 2.75 bits per heavy atom. The van der Waals surface area contributed by atoms with E-state index >= 15 is 0 Å². The summed E-state index contributed by atoms with van der Waals surface area (Å²) in [7, 11) is 0. The van der Waals surface area contributed by atoms with Crippen molar-refractivity contribution >= 4 is 34.4 Å². The highest BCUT2D eigenvalue weighted by Crippen LogP contribution is 2.21. The third-order valence-corrected chi connectivity index (χ3v) is 4.95. The minimum atomic E-state index is 0.473. The monoisotopic (exact) mass is 347 g/mol. The molecule has 1 aliphatic heterocycles. The maximum absolute atomic E-state index is 3.73. The second-order valence-electron chi connectivity index (χ2n) is 4.35. The second kappa shape index (κ2) is 6.26. The first-order valence-electron chi connectivity index (χ1n) is 5.85. The lowest BCUT2D eigenvalue weighted by Crippen LogP contribution is -2.35. The summed E-state index contributed by atoms with van der Waals surface area (Å²) in [5.41, 5.74) is 1.40. The predicted octanol–water partition coefficient (Wildman–Crippen LogP) is 3.84. The van der Waals surface area contributed by atoms with Gasteiger partial charge in [-0.3, -0.25) is 0 Å². The van der Waals surface area contributed by atoms with E-state index in [1.54, 1.807) is 0 Å². The highest BCUT2D eigenvalue weighted by molar-refractivity contribution is 14.1. The Morgan fingerprint density at radius 2 is 2.12 bits per heavy atom. The highest BCUT2D eigenvalue weighted by atomic mass is 127. The van der Waals surface area contributed by atoms with E-state index in [-0.39, 0.29) is 0 Å². The van der Waals surface area contributed by atoms with Crippen molar-refractivity contribution < 1.29 is 0 Å². The van der Waals surface area contributed by atoms with Crippen molar-refractivity contribution in [3.05, 3.63) is 33.4 Å². The van der Waals surface area contributed by atoms with Gasteiger partial charge < -0.3 is 5.32 Å². The van der Waals surface area contributed by atoms with Crippen molar-refractivity contribution in [2.45, 2.75) is 31.8 Å². The quantitative estimate of drug-likeness (QED) is 0.834. The first kappa shape index (κ1) is 12.7. The van der Waals surface area contributed by atoms with Crippen LogP contribution in [-0.4, -0.2) is 17.5 Å². The minimum absolute atomic E-state index is 0.473. The SMILES string of the molecule is CC(NC1CCCSC1)c1ccc(I)cc1. The standard InChI is InChI=1S/C13H18INS/c1-10(11-4-6-12(14)7-5-11)15-13-3-2-8-16-9-13/h4-7,10,13,15H,2-3,8-9H2,1H3.